The number of carbonyl (C=O) groups excluding carboxylic acids is 1. The molecule has 1 aromatic carbocycles. The van der Waals surface area contributed by atoms with E-state index in [0.717, 1.165) is 12.8 Å². The van der Waals surface area contributed by atoms with Gasteiger partial charge in [0.1, 0.15) is 0 Å². The highest BCUT2D eigenvalue weighted by Gasteiger charge is 2.33. The quantitative estimate of drug-likeness (QED) is 0.634. The van der Waals surface area contributed by atoms with Crippen molar-refractivity contribution in [2.45, 2.75) is 24.7 Å². The smallest absolute Gasteiger partial charge is 0.339 e. The number of hydrogen-bond acceptors (Lipinski definition) is 5. The first-order valence-corrected chi connectivity index (χ1v) is 8.32. The van der Waals surface area contributed by atoms with Gasteiger partial charge >= 0.3 is 5.97 Å². The average molecular weight is 312 g/mol. The minimum atomic E-state index is -3.73. The van der Waals surface area contributed by atoms with Crippen molar-refractivity contribution in [3.05, 3.63) is 23.8 Å². The molecule has 1 fully saturated rings. The fourth-order valence-electron chi connectivity index (χ4n) is 2.17. The Morgan fingerprint density at radius 2 is 2.10 bits per heavy atom. The van der Waals surface area contributed by atoms with Crippen molar-refractivity contribution in [2.75, 3.05) is 25.9 Å². The first kappa shape index (κ1) is 15.8. The molecule has 0 aliphatic heterocycles. The summed E-state index contributed by atoms with van der Waals surface area (Å²) in [4.78, 5) is 11.8. The number of ether oxygens (including phenoxy) is 1. The van der Waals surface area contributed by atoms with E-state index in [1.54, 1.807) is 6.92 Å². The van der Waals surface area contributed by atoms with Gasteiger partial charge in [-0.3, -0.25) is 0 Å². The summed E-state index contributed by atoms with van der Waals surface area (Å²) in [6.45, 7) is 2.64. The van der Waals surface area contributed by atoms with Crippen LogP contribution >= 0.6 is 0 Å². The van der Waals surface area contributed by atoms with Gasteiger partial charge in [0.05, 0.1) is 17.6 Å². The minimum absolute atomic E-state index is 0.0215. The molecule has 2 N–H and O–H groups in total. The molecule has 0 bridgehead atoms. The van der Waals surface area contributed by atoms with Crippen LogP contribution in [0.5, 0.6) is 0 Å². The van der Waals surface area contributed by atoms with Gasteiger partial charge in [-0.2, -0.15) is 4.31 Å². The van der Waals surface area contributed by atoms with Gasteiger partial charge in [-0.25, -0.2) is 13.2 Å². The van der Waals surface area contributed by atoms with Gasteiger partial charge in [-0.15, -0.1) is 0 Å². The van der Waals surface area contributed by atoms with Crippen LogP contribution in [0.25, 0.3) is 0 Å². The van der Waals surface area contributed by atoms with Crippen LogP contribution in [0.4, 0.5) is 5.69 Å². The van der Waals surface area contributed by atoms with Gasteiger partial charge < -0.3 is 10.5 Å². The molecular weight excluding hydrogens is 292 g/mol. The van der Waals surface area contributed by atoms with Crippen molar-refractivity contribution in [2.24, 2.45) is 5.92 Å². The number of anilines is 1. The number of nitrogens with zero attached hydrogens (tertiary/aromatic N) is 1. The van der Waals surface area contributed by atoms with Crippen LogP contribution in [-0.4, -0.2) is 38.9 Å². The van der Waals surface area contributed by atoms with E-state index in [0.29, 0.717) is 24.7 Å². The summed E-state index contributed by atoms with van der Waals surface area (Å²) in [6.07, 6.45) is 2.11. The highest BCUT2D eigenvalue weighted by atomic mass is 32.2. The van der Waals surface area contributed by atoms with Gasteiger partial charge in [0.2, 0.25) is 10.0 Å². The van der Waals surface area contributed by atoms with E-state index in [1.807, 2.05) is 0 Å². The standard InChI is InChI=1S/C14H20N2O4S/c1-3-16(9-10-4-5-10)21(18,19)13-7-6-11(15)8-12(13)14(17)20-2/h6-8,10H,3-5,9,15H2,1-2H3. The monoisotopic (exact) mass is 312 g/mol. The maximum absolute atomic E-state index is 12.8. The number of benzene rings is 1. The van der Waals surface area contributed by atoms with Gasteiger partial charge in [0.15, 0.2) is 0 Å². The second-order valence-electron chi connectivity index (χ2n) is 5.15. The molecule has 0 saturated heterocycles. The zero-order chi connectivity index (χ0) is 15.6. The third kappa shape index (κ3) is 3.36. The fourth-order valence-corrected chi connectivity index (χ4v) is 3.85. The third-order valence-electron chi connectivity index (χ3n) is 3.54. The number of esters is 1. The number of nitrogen functional groups attached to an aromatic ring is 1. The number of hydrogen-bond donors (Lipinski definition) is 1. The van der Waals surface area contributed by atoms with Crippen LogP contribution in [0.3, 0.4) is 0 Å². The molecule has 0 unspecified atom stereocenters. The Bertz CT molecular complexity index is 638. The van der Waals surface area contributed by atoms with Crippen LogP contribution in [0, 0.1) is 5.92 Å². The van der Waals surface area contributed by atoms with E-state index in [1.165, 1.54) is 29.6 Å². The lowest BCUT2D eigenvalue weighted by Gasteiger charge is -2.21. The van der Waals surface area contributed by atoms with E-state index < -0.39 is 16.0 Å². The molecule has 0 amide bonds. The highest BCUT2D eigenvalue weighted by Crippen LogP contribution is 2.32. The molecule has 116 valence electrons. The van der Waals surface area contributed by atoms with E-state index in [4.69, 9.17) is 5.73 Å². The molecule has 21 heavy (non-hydrogen) atoms. The molecule has 2 rings (SSSR count). The van der Waals surface area contributed by atoms with Gasteiger partial charge in [0, 0.05) is 18.8 Å². The van der Waals surface area contributed by atoms with Crippen molar-refractivity contribution < 1.29 is 17.9 Å². The molecule has 0 aromatic heterocycles. The van der Waals surface area contributed by atoms with Crippen molar-refractivity contribution in [3.8, 4) is 0 Å². The summed E-state index contributed by atoms with van der Waals surface area (Å²) in [5, 5.41) is 0. The number of carbonyl (C=O) groups is 1. The van der Waals surface area contributed by atoms with Crippen LogP contribution in [0.15, 0.2) is 23.1 Å². The summed E-state index contributed by atoms with van der Waals surface area (Å²) in [6, 6.07) is 4.18. The van der Waals surface area contributed by atoms with Crippen LogP contribution < -0.4 is 5.73 Å². The van der Waals surface area contributed by atoms with E-state index in [9.17, 15) is 13.2 Å². The maximum Gasteiger partial charge on any atom is 0.339 e. The predicted molar refractivity (Wildman–Crippen MR) is 79.4 cm³/mol. The number of methoxy groups -OCH3 is 1. The lowest BCUT2D eigenvalue weighted by molar-refractivity contribution is 0.0596. The zero-order valence-corrected chi connectivity index (χ0v) is 13.0. The average Bonchev–Trinajstić information content (AvgIpc) is 3.27. The summed E-state index contributed by atoms with van der Waals surface area (Å²) in [5.74, 6) is -0.279. The SMILES string of the molecule is CCN(CC1CC1)S(=O)(=O)c1ccc(N)cc1C(=O)OC. The molecule has 0 radical (unpaired) electrons. The fraction of sp³-hybridized carbons (Fsp3) is 0.500. The van der Waals surface area contributed by atoms with Crippen molar-refractivity contribution >= 4 is 21.7 Å². The maximum atomic E-state index is 12.8. The molecule has 1 aliphatic rings. The first-order valence-electron chi connectivity index (χ1n) is 6.88. The number of nitrogens with two attached hydrogens (primary N) is 1. The second-order valence-corrected chi connectivity index (χ2v) is 7.05. The summed E-state index contributed by atoms with van der Waals surface area (Å²) < 4.78 is 31.6. The third-order valence-corrected chi connectivity index (χ3v) is 5.54. The summed E-state index contributed by atoms with van der Waals surface area (Å²) in [7, 11) is -2.52. The molecular formula is C14H20N2O4S. The molecule has 1 saturated carbocycles. The molecule has 7 heteroatoms. The van der Waals surface area contributed by atoms with Crippen LogP contribution in [0.2, 0.25) is 0 Å². The van der Waals surface area contributed by atoms with Crippen LogP contribution in [-0.2, 0) is 14.8 Å². The van der Waals surface area contributed by atoms with E-state index in [-0.39, 0.29) is 10.5 Å². The van der Waals surface area contributed by atoms with Gasteiger partial charge in [0.25, 0.3) is 0 Å². The Labute approximate surface area is 124 Å². The molecule has 0 spiro atoms. The van der Waals surface area contributed by atoms with Gasteiger partial charge in [-0.05, 0) is 37.0 Å². The molecule has 1 aliphatic carbocycles. The van der Waals surface area contributed by atoms with Crippen LogP contribution in [0.1, 0.15) is 30.1 Å². The molecule has 0 atom stereocenters. The van der Waals surface area contributed by atoms with E-state index in [2.05, 4.69) is 4.74 Å². The molecule has 0 heterocycles. The second kappa shape index (κ2) is 6.03. The Balaban J connectivity index is 2.44. The number of sulfonamides is 1. The Hall–Kier alpha value is -1.60. The minimum Gasteiger partial charge on any atom is -0.465 e. The lowest BCUT2D eigenvalue weighted by atomic mass is 10.2. The Kier molecular flexibility index (Phi) is 4.53. The zero-order valence-electron chi connectivity index (χ0n) is 12.2. The Morgan fingerprint density at radius 3 is 2.62 bits per heavy atom. The topological polar surface area (TPSA) is 89.7 Å². The first-order chi connectivity index (χ1) is 9.90. The molecule has 1 aromatic rings. The summed E-state index contributed by atoms with van der Waals surface area (Å²) in [5.41, 5.74) is 5.94. The normalized spacial score (nSPS) is 15.2. The Morgan fingerprint density at radius 1 is 1.43 bits per heavy atom. The van der Waals surface area contributed by atoms with Gasteiger partial charge in [-0.1, -0.05) is 6.92 Å². The lowest BCUT2D eigenvalue weighted by Crippen LogP contribution is -2.33. The van der Waals surface area contributed by atoms with Crippen molar-refractivity contribution in [3.63, 3.8) is 0 Å². The van der Waals surface area contributed by atoms with Crippen molar-refractivity contribution in [1.82, 2.24) is 4.31 Å². The van der Waals surface area contributed by atoms with E-state index >= 15 is 0 Å². The highest BCUT2D eigenvalue weighted by molar-refractivity contribution is 7.89. The summed E-state index contributed by atoms with van der Waals surface area (Å²) >= 11 is 0. The number of rotatable bonds is 6. The largest absolute Gasteiger partial charge is 0.465 e. The predicted octanol–water partition coefficient (Wildman–Crippen LogP) is 1.48. The molecule has 6 nitrogen and oxygen atoms in total. The van der Waals surface area contributed by atoms with Crippen molar-refractivity contribution in [1.29, 1.82) is 0 Å².